The quantitative estimate of drug-likeness (QED) is 0.248. The molecule has 5 nitrogen and oxygen atoms in total. The van der Waals surface area contributed by atoms with Crippen LogP contribution in [0.2, 0.25) is 0 Å². The average Bonchev–Trinajstić information content (AvgIpc) is 3.21. The summed E-state index contributed by atoms with van der Waals surface area (Å²) in [6.07, 6.45) is 1.62. The minimum Gasteiger partial charge on any atom is -0.372 e. The van der Waals surface area contributed by atoms with Gasteiger partial charge in [0.15, 0.2) is 5.60 Å². The van der Waals surface area contributed by atoms with Gasteiger partial charge in [-0.2, -0.15) is 5.10 Å². The number of aromatic nitrogens is 1. The first-order valence-electron chi connectivity index (χ1n) is 11.8. The Bertz CT molecular complexity index is 1510. The molecule has 0 spiro atoms. The Morgan fingerprint density at radius 1 is 0.806 bits per heavy atom. The Hall–Kier alpha value is -4.48. The number of aryl methyl sites for hydroxylation is 1. The molecule has 0 bridgehead atoms. The highest BCUT2D eigenvalue weighted by molar-refractivity contribution is 5.91. The molecule has 36 heavy (non-hydrogen) atoms. The smallest absolute Gasteiger partial charge is 0.281 e. The van der Waals surface area contributed by atoms with Crippen molar-refractivity contribution in [1.29, 1.82) is 0 Å². The molecule has 5 rings (SSSR count). The van der Waals surface area contributed by atoms with Gasteiger partial charge in [-0.3, -0.25) is 4.79 Å². The normalized spacial score (nSPS) is 11.8. The van der Waals surface area contributed by atoms with Gasteiger partial charge >= 0.3 is 0 Å². The Morgan fingerprint density at radius 2 is 1.39 bits per heavy atom. The van der Waals surface area contributed by atoms with Crippen molar-refractivity contribution in [2.75, 3.05) is 0 Å². The molecule has 178 valence electrons. The van der Waals surface area contributed by atoms with Crippen LogP contribution in [0.25, 0.3) is 16.5 Å². The molecule has 0 aliphatic carbocycles. The number of rotatable bonds is 6. The van der Waals surface area contributed by atoms with Crippen molar-refractivity contribution in [2.45, 2.75) is 19.4 Å². The summed E-state index contributed by atoms with van der Waals surface area (Å²) in [7, 11) is 0. The molecule has 4 aromatic carbocycles. The number of nitrogens with one attached hydrogen (secondary N) is 1. The van der Waals surface area contributed by atoms with E-state index in [9.17, 15) is 9.90 Å². The van der Waals surface area contributed by atoms with Crippen LogP contribution in [0.15, 0.2) is 114 Å². The van der Waals surface area contributed by atoms with Crippen molar-refractivity contribution in [2.24, 2.45) is 5.10 Å². The van der Waals surface area contributed by atoms with E-state index in [-0.39, 0.29) is 0 Å². The van der Waals surface area contributed by atoms with Crippen molar-refractivity contribution in [1.82, 2.24) is 9.99 Å². The fourth-order valence-electron chi connectivity index (χ4n) is 4.66. The van der Waals surface area contributed by atoms with Crippen LogP contribution in [-0.2, 0) is 10.4 Å². The topological polar surface area (TPSA) is 66.6 Å². The summed E-state index contributed by atoms with van der Waals surface area (Å²) >= 11 is 0. The van der Waals surface area contributed by atoms with Crippen LogP contribution in [-0.4, -0.2) is 21.8 Å². The lowest BCUT2D eigenvalue weighted by atomic mass is 9.85. The zero-order valence-corrected chi connectivity index (χ0v) is 20.2. The van der Waals surface area contributed by atoms with Gasteiger partial charge in [-0.15, -0.1) is 0 Å². The molecule has 2 N–H and O–H groups in total. The summed E-state index contributed by atoms with van der Waals surface area (Å²) in [5, 5.41) is 18.2. The number of hydrogen-bond donors (Lipinski definition) is 2. The van der Waals surface area contributed by atoms with Gasteiger partial charge in [0, 0.05) is 22.6 Å². The van der Waals surface area contributed by atoms with E-state index >= 15 is 0 Å². The van der Waals surface area contributed by atoms with Crippen LogP contribution < -0.4 is 5.43 Å². The third-order valence-electron chi connectivity index (χ3n) is 6.54. The van der Waals surface area contributed by atoms with Crippen LogP contribution in [0.4, 0.5) is 0 Å². The molecule has 1 heterocycles. The number of carbonyl (C=O) groups excluding carboxylic acids is 1. The first-order chi connectivity index (χ1) is 17.5. The fraction of sp³-hybridized carbons (Fsp3) is 0.0968. The van der Waals surface area contributed by atoms with Gasteiger partial charge < -0.3 is 9.67 Å². The second kappa shape index (κ2) is 9.64. The Morgan fingerprint density at radius 3 is 2.03 bits per heavy atom. The van der Waals surface area contributed by atoms with Crippen molar-refractivity contribution >= 4 is 22.9 Å². The number of hydrogen-bond acceptors (Lipinski definition) is 3. The molecular weight excluding hydrogens is 446 g/mol. The van der Waals surface area contributed by atoms with E-state index in [4.69, 9.17) is 0 Å². The number of hydrazone groups is 1. The summed E-state index contributed by atoms with van der Waals surface area (Å²) in [6.45, 7) is 4.07. The first-order valence-corrected chi connectivity index (χ1v) is 11.8. The molecule has 0 saturated heterocycles. The molecule has 0 saturated carbocycles. The standard InChI is InChI=1S/C31H27N3O2/c1-22-19-26(23(2)34(22)29-18-17-24-11-9-10-12-25(24)20-29)21-32-33-30(35)31(36,27-13-5-3-6-14-27)28-15-7-4-8-16-28/h3-21,36H,1-2H3,(H,33,35)/b32-21-. The molecule has 0 fully saturated rings. The van der Waals surface area contributed by atoms with Crippen molar-refractivity contribution < 1.29 is 9.90 Å². The zero-order valence-electron chi connectivity index (χ0n) is 20.2. The summed E-state index contributed by atoms with van der Waals surface area (Å²) in [5.74, 6) is -0.625. The number of aliphatic hydroxyl groups is 1. The summed E-state index contributed by atoms with van der Waals surface area (Å²) in [6, 6.07) is 34.5. The van der Waals surface area contributed by atoms with E-state index in [0.717, 1.165) is 22.6 Å². The molecule has 5 heteroatoms. The molecule has 0 unspecified atom stereocenters. The SMILES string of the molecule is Cc1cc(/C=N\NC(=O)C(O)(c2ccccc2)c2ccccc2)c(C)n1-c1ccc2ccccc2c1. The Labute approximate surface area is 210 Å². The maximum Gasteiger partial charge on any atom is 0.281 e. The van der Waals surface area contributed by atoms with Gasteiger partial charge in [-0.25, -0.2) is 5.43 Å². The van der Waals surface area contributed by atoms with Crippen LogP contribution in [0.1, 0.15) is 28.1 Å². The zero-order chi connectivity index (χ0) is 25.1. The second-order valence-electron chi connectivity index (χ2n) is 8.83. The number of nitrogens with zero attached hydrogens (tertiary/aromatic N) is 2. The predicted molar refractivity (Wildman–Crippen MR) is 144 cm³/mol. The van der Waals surface area contributed by atoms with E-state index in [0.29, 0.717) is 11.1 Å². The van der Waals surface area contributed by atoms with Crippen molar-refractivity contribution in [3.8, 4) is 5.69 Å². The highest BCUT2D eigenvalue weighted by Crippen LogP contribution is 2.30. The van der Waals surface area contributed by atoms with E-state index in [1.807, 2.05) is 44.2 Å². The lowest BCUT2D eigenvalue weighted by Crippen LogP contribution is -2.43. The van der Waals surface area contributed by atoms with Gasteiger partial charge in [-0.1, -0.05) is 91.0 Å². The first kappa shape index (κ1) is 23.3. The van der Waals surface area contributed by atoms with E-state index in [1.54, 1.807) is 54.7 Å². The predicted octanol–water partition coefficient (Wildman–Crippen LogP) is 5.63. The number of amides is 1. The fourth-order valence-corrected chi connectivity index (χ4v) is 4.66. The Balaban J connectivity index is 1.42. The number of carbonyl (C=O) groups is 1. The third-order valence-corrected chi connectivity index (χ3v) is 6.54. The molecule has 1 aromatic heterocycles. The van der Waals surface area contributed by atoms with E-state index in [2.05, 4.69) is 45.4 Å². The van der Waals surface area contributed by atoms with Crippen LogP contribution >= 0.6 is 0 Å². The molecular formula is C31H27N3O2. The molecule has 5 aromatic rings. The summed E-state index contributed by atoms with van der Waals surface area (Å²) < 4.78 is 2.17. The highest BCUT2D eigenvalue weighted by Gasteiger charge is 2.39. The van der Waals surface area contributed by atoms with E-state index in [1.165, 1.54) is 10.8 Å². The van der Waals surface area contributed by atoms with Gasteiger partial charge in [0.25, 0.3) is 5.91 Å². The van der Waals surface area contributed by atoms with Crippen molar-refractivity contribution in [3.63, 3.8) is 0 Å². The van der Waals surface area contributed by atoms with Gasteiger partial charge in [0.05, 0.1) is 6.21 Å². The van der Waals surface area contributed by atoms with E-state index < -0.39 is 11.5 Å². The van der Waals surface area contributed by atoms with Gasteiger partial charge in [0.1, 0.15) is 0 Å². The van der Waals surface area contributed by atoms with Crippen LogP contribution in [0, 0.1) is 13.8 Å². The lowest BCUT2D eigenvalue weighted by Gasteiger charge is -2.27. The number of benzene rings is 4. The second-order valence-corrected chi connectivity index (χ2v) is 8.83. The maximum atomic E-state index is 13.3. The van der Waals surface area contributed by atoms with Crippen LogP contribution in [0.3, 0.4) is 0 Å². The molecule has 0 radical (unpaired) electrons. The minimum absolute atomic E-state index is 0.471. The molecule has 0 aliphatic heterocycles. The van der Waals surface area contributed by atoms with Gasteiger partial charge in [0.2, 0.25) is 0 Å². The maximum absolute atomic E-state index is 13.3. The van der Waals surface area contributed by atoms with Gasteiger partial charge in [-0.05, 0) is 53.9 Å². The Kier molecular flexibility index (Phi) is 6.23. The summed E-state index contributed by atoms with van der Waals surface area (Å²) in [4.78, 5) is 13.3. The molecule has 0 aliphatic rings. The minimum atomic E-state index is -1.87. The largest absolute Gasteiger partial charge is 0.372 e. The monoisotopic (exact) mass is 473 g/mol. The number of fused-ring (bicyclic) bond motifs is 1. The molecule has 1 amide bonds. The molecule has 0 atom stereocenters. The van der Waals surface area contributed by atoms with Crippen molar-refractivity contribution in [3.05, 3.63) is 137 Å². The highest BCUT2D eigenvalue weighted by atomic mass is 16.3. The van der Waals surface area contributed by atoms with Crippen LogP contribution in [0.5, 0.6) is 0 Å². The lowest BCUT2D eigenvalue weighted by molar-refractivity contribution is -0.136. The summed E-state index contributed by atoms with van der Waals surface area (Å²) in [5.41, 5.74) is 5.63. The average molecular weight is 474 g/mol. The third kappa shape index (κ3) is 4.21.